The molecule has 2 aliphatic rings. The van der Waals surface area contributed by atoms with Crippen LogP contribution in [0.5, 0.6) is 0 Å². The van der Waals surface area contributed by atoms with Gasteiger partial charge < -0.3 is 18.4 Å². The van der Waals surface area contributed by atoms with Crippen LogP contribution in [0.25, 0.3) is 0 Å². The predicted molar refractivity (Wildman–Crippen MR) is 66.7 cm³/mol. The van der Waals surface area contributed by atoms with Crippen LogP contribution in [0.1, 0.15) is 39.5 Å². The summed E-state index contributed by atoms with van der Waals surface area (Å²) >= 11 is 0. The summed E-state index contributed by atoms with van der Waals surface area (Å²) < 4.78 is 16.4. The van der Waals surface area contributed by atoms with Gasteiger partial charge in [-0.2, -0.15) is 0 Å². The average Bonchev–Trinajstić information content (AvgIpc) is 3.05. The van der Waals surface area contributed by atoms with Gasteiger partial charge in [-0.3, -0.25) is 0 Å². The number of hydrogen-bond acceptors (Lipinski definition) is 4. The van der Waals surface area contributed by atoms with Crippen LogP contribution in [0.3, 0.4) is 0 Å². The molecule has 1 aliphatic carbocycles. The lowest BCUT2D eigenvalue weighted by atomic mass is 9.88. The van der Waals surface area contributed by atoms with Crippen molar-refractivity contribution in [1.29, 1.82) is 0 Å². The Morgan fingerprint density at radius 1 is 1.18 bits per heavy atom. The molecule has 0 spiro atoms. The van der Waals surface area contributed by atoms with E-state index < -0.39 is 8.80 Å². The molecule has 17 heavy (non-hydrogen) atoms. The molecule has 0 bridgehead atoms. The fraction of sp³-hybridized carbons (Fsp3) is 1.00. The first-order valence-corrected chi connectivity index (χ1v) is 8.79. The van der Waals surface area contributed by atoms with Crippen molar-refractivity contribution in [3.63, 3.8) is 0 Å². The molecule has 3 atom stereocenters. The lowest BCUT2D eigenvalue weighted by molar-refractivity contribution is 0.105. The van der Waals surface area contributed by atoms with Crippen molar-refractivity contribution >= 4 is 8.80 Å². The molecule has 1 saturated heterocycles. The molecule has 0 aromatic carbocycles. The molecule has 0 radical (unpaired) electrons. The first-order chi connectivity index (χ1) is 8.17. The van der Waals surface area contributed by atoms with Crippen molar-refractivity contribution in [3.05, 3.63) is 0 Å². The zero-order chi connectivity index (χ0) is 12.3. The molecule has 0 aromatic rings. The number of rotatable bonds is 7. The minimum absolute atomic E-state index is 0.516. The lowest BCUT2D eigenvalue weighted by Gasteiger charge is -2.26. The summed E-state index contributed by atoms with van der Waals surface area (Å²) in [5.41, 5.74) is 0. The van der Waals surface area contributed by atoms with E-state index in [9.17, 15) is 4.80 Å². The van der Waals surface area contributed by atoms with Gasteiger partial charge in [-0.1, -0.05) is 0 Å². The molecule has 2 rings (SSSR count). The second kappa shape index (κ2) is 5.80. The third kappa shape index (κ3) is 3.76. The number of epoxide rings is 1. The summed E-state index contributed by atoms with van der Waals surface area (Å²) in [4.78, 5) is 10.3. The highest BCUT2D eigenvalue weighted by Crippen LogP contribution is 2.41. The van der Waals surface area contributed by atoms with E-state index in [2.05, 4.69) is 0 Å². The van der Waals surface area contributed by atoms with E-state index >= 15 is 0 Å². The van der Waals surface area contributed by atoms with E-state index in [0.717, 1.165) is 12.8 Å². The van der Waals surface area contributed by atoms with Gasteiger partial charge in [-0.25, -0.2) is 0 Å². The molecule has 1 aliphatic heterocycles. The molecule has 0 amide bonds. The zero-order valence-corrected chi connectivity index (χ0v) is 11.9. The molecule has 1 N–H and O–H groups in total. The van der Waals surface area contributed by atoms with Crippen molar-refractivity contribution in [2.75, 3.05) is 13.2 Å². The topological polar surface area (TPSA) is 51.2 Å². The van der Waals surface area contributed by atoms with Crippen molar-refractivity contribution < 1.29 is 18.4 Å². The summed E-state index contributed by atoms with van der Waals surface area (Å²) in [6.45, 7) is 4.86. The van der Waals surface area contributed by atoms with Gasteiger partial charge in [0.25, 0.3) is 0 Å². The first-order valence-electron chi connectivity index (χ1n) is 6.82. The van der Waals surface area contributed by atoms with Gasteiger partial charge >= 0.3 is 8.80 Å². The van der Waals surface area contributed by atoms with Gasteiger partial charge in [0.15, 0.2) is 0 Å². The summed E-state index contributed by atoms with van der Waals surface area (Å²) in [7, 11) is -2.88. The van der Waals surface area contributed by atoms with Crippen LogP contribution >= 0.6 is 0 Å². The van der Waals surface area contributed by atoms with Crippen molar-refractivity contribution in [2.24, 2.45) is 5.92 Å². The number of hydrogen-bond donors (Lipinski definition) is 1. The normalized spacial score (nSPS) is 32.3. The van der Waals surface area contributed by atoms with Crippen molar-refractivity contribution in [2.45, 2.75) is 57.8 Å². The van der Waals surface area contributed by atoms with E-state index in [4.69, 9.17) is 13.6 Å². The summed E-state index contributed by atoms with van der Waals surface area (Å²) in [6, 6.07) is 0.691. The summed E-state index contributed by atoms with van der Waals surface area (Å²) in [5, 5.41) is 0. The molecule has 4 nitrogen and oxygen atoms in total. The van der Waals surface area contributed by atoms with Crippen molar-refractivity contribution in [1.82, 2.24) is 0 Å². The van der Waals surface area contributed by atoms with Gasteiger partial charge in [0, 0.05) is 19.3 Å². The maximum Gasteiger partial charge on any atom is 0.498 e. The smallest absolute Gasteiger partial charge is 0.390 e. The Balaban J connectivity index is 1.73. The van der Waals surface area contributed by atoms with Crippen LogP contribution in [-0.4, -0.2) is 39.0 Å². The Labute approximate surface area is 105 Å². The minimum Gasteiger partial charge on any atom is -0.390 e. The van der Waals surface area contributed by atoms with E-state index in [1.165, 1.54) is 12.8 Å². The molecular weight excluding hydrogens is 236 g/mol. The largest absolute Gasteiger partial charge is 0.498 e. The van der Waals surface area contributed by atoms with Gasteiger partial charge in [-0.05, 0) is 45.4 Å². The lowest BCUT2D eigenvalue weighted by Crippen LogP contribution is -2.43. The minimum atomic E-state index is -2.88. The Morgan fingerprint density at radius 2 is 1.88 bits per heavy atom. The van der Waals surface area contributed by atoms with Crippen LogP contribution < -0.4 is 0 Å². The number of fused-ring (bicyclic) bond motifs is 1. The Morgan fingerprint density at radius 3 is 2.47 bits per heavy atom. The van der Waals surface area contributed by atoms with E-state index in [1.807, 2.05) is 13.8 Å². The van der Waals surface area contributed by atoms with Crippen LogP contribution in [0.15, 0.2) is 0 Å². The molecule has 2 fully saturated rings. The third-order valence-corrected chi connectivity index (χ3v) is 6.12. The van der Waals surface area contributed by atoms with Crippen LogP contribution in [-0.2, 0) is 13.6 Å². The standard InChI is InChI=1S/C12H24O4Si/c1-3-14-17(13,15-4-2)8-7-10-5-6-11-12(9-10)16-11/h10-13H,3-9H2,1-2H3. The average molecular weight is 260 g/mol. The summed E-state index contributed by atoms with van der Waals surface area (Å²) in [5.74, 6) is 0.679. The van der Waals surface area contributed by atoms with E-state index in [0.29, 0.717) is 37.4 Å². The molecular formula is C12H24O4Si. The van der Waals surface area contributed by atoms with Gasteiger partial charge in [-0.15, -0.1) is 0 Å². The van der Waals surface area contributed by atoms with Crippen molar-refractivity contribution in [3.8, 4) is 0 Å². The SMILES string of the molecule is CCO[Si](O)(CCC1CCC2OC2C1)OCC. The number of ether oxygens (including phenoxy) is 1. The fourth-order valence-corrected chi connectivity index (χ4v) is 4.82. The molecule has 1 saturated carbocycles. The predicted octanol–water partition coefficient (Wildman–Crippen LogP) is 1.95. The molecule has 5 heteroatoms. The van der Waals surface area contributed by atoms with E-state index in [1.54, 1.807) is 0 Å². The summed E-state index contributed by atoms with van der Waals surface area (Å²) in [6.07, 6.45) is 5.66. The van der Waals surface area contributed by atoms with E-state index in [-0.39, 0.29) is 0 Å². The Hall–Kier alpha value is 0.0569. The fourth-order valence-electron chi connectivity index (χ4n) is 2.77. The van der Waals surface area contributed by atoms with Gasteiger partial charge in [0.2, 0.25) is 0 Å². The van der Waals surface area contributed by atoms with Gasteiger partial charge in [0.05, 0.1) is 12.2 Å². The highest BCUT2D eigenvalue weighted by Gasteiger charge is 2.45. The second-order valence-electron chi connectivity index (χ2n) is 5.01. The molecule has 1 heterocycles. The monoisotopic (exact) mass is 260 g/mol. The van der Waals surface area contributed by atoms with Crippen LogP contribution in [0, 0.1) is 5.92 Å². The quantitative estimate of drug-likeness (QED) is 0.561. The highest BCUT2D eigenvalue weighted by atomic mass is 28.4. The van der Waals surface area contributed by atoms with Crippen LogP contribution in [0.4, 0.5) is 0 Å². The Kier molecular flexibility index (Phi) is 4.60. The Bertz CT molecular complexity index is 243. The molecule has 0 aromatic heterocycles. The molecule has 3 unspecified atom stereocenters. The van der Waals surface area contributed by atoms with Crippen LogP contribution in [0.2, 0.25) is 6.04 Å². The maximum absolute atomic E-state index is 10.3. The third-order valence-electron chi connectivity index (χ3n) is 3.72. The van der Waals surface area contributed by atoms with Gasteiger partial charge in [0.1, 0.15) is 0 Å². The first kappa shape index (κ1) is 13.5. The zero-order valence-electron chi connectivity index (χ0n) is 10.9. The molecule has 100 valence electrons. The highest BCUT2D eigenvalue weighted by molar-refractivity contribution is 6.59. The second-order valence-corrected chi connectivity index (χ2v) is 7.51. The maximum atomic E-state index is 10.3.